The summed E-state index contributed by atoms with van der Waals surface area (Å²) in [6, 6.07) is 11.8. The second-order valence-corrected chi connectivity index (χ2v) is 7.85. The number of rotatable bonds is 8. The van der Waals surface area contributed by atoms with Gasteiger partial charge in [-0.2, -0.15) is 0 Å². The molecule has 6 nitrogen and oxygen atoms in total. The van der Waals surface area contributed by atoms with Crippen molar-refractivity contribution in [3.8, 4) is 16.5 Å². The van der Waals surface area contributed by atoms with Gasteiger partial charge in [0, 0.05) is 20.6 Å². The third kappa shape index (κ3) is 4.90. The molecule has 0 spiro atoms. The summed E-state index contributed by atoms with van der Waals surface area (Å²) in [5, 5.41) is 11.2. The van der Waals surface area contributed by atoms with Crippen molar-refractivity contribution in [2.75, 3.05) is 19.4 Å². The van der Waals surface area contributed by atoms with E-state index in [1.807, 2.05) is 67.4 Å². The van der Waals surface area contributed by atoms with Crippen molar-refractivity contribution in [3.05, 3.63) is 47.3 Å². The highest BCUT2D eigenvalue weighted by Gasteiger charge is 2.15. The van der Waals surface area contributed by atoms with Crippen LogP contribution < -0.4 is 4.74 Å². The van der Waals surface area contributed by atoms with E-state index < -0.39 is 0 Å². The molecule has 0 unspecified atom stereocenters. The Kier molecular flexibility index (Phi) is 6.52. The second kappa shape index (κ2) is 9.05. The number of aromatic nitrogens is 3. The summed E-state index contributed by atoms with van der Waals surface area (Å²) in [6.45, 7) is 3.16. The quantitative estimate of drug-likeness (QED) is 0.538. The van der Waals surface area contributed by atoms with Crippen LogP contribution >= 0.6 is 23.1 Å². The van der Waals surface area contributed by atoms with Gasteiger partial charge < -0.3 is 14.2 Å². The van der Waals surface area contributed by atoms with Crippen molar-refractivity contribution in [3.63, 3.8) is 0 Å². The minimum absolute atomic E-state index is 0.0505. The van der Waals surface area contributed by atoms with Gasteiger partial charge in [0.1, 0.15) is 5.75 Å². The molecule has 1 amide bonds. The number of thiophene rings is 1. The zero-order valence-corrected chi connectivity index (χ0v) is 17.2. The van der Waals surface area contributed by atoms with Crippen LogP contribution in [0, 0.1) is 0 Å². The predicted molar refractivity (Wildman–Crippen MR) is 109 cm³/mol. The lowest BCUT2D eigenvalue weighted by molar-refractivity contribution is -0.127. The molecule has 0 aliphatic heterocycles. The van der Waals surface area contributed by atoms with Crippen molar-refractivity contribution in [1.29, 1.82) is 0 Å². The highest BCUT2D eigenvalue weighted by atomic mass is 32.2. The molecule has 27 heavy (non-hydrogen) atoms. The number of hydrogen-bond acceptors (Lipinski definition) is 6. The zero-order chi connectivity index (χ0) is 19.2. The van der Waals surface area contributed by atoms with Gasteiger partial charge in [0.25, 0.3) is 0 Å². The maximum Gasteiger partial charge on any atom is 0.233 e. The fraction of sp³-hybridized carbons (Fsp3) is 0.316. The van der Waals surface area contributed by atoms with Crippen molar-refractivity contribution < 1.29 is 9.53 Å². The van der Waals surface area contributed by atoms with E-state index in [0.717, 1.165) is 27.2 Å². The summed E-state index contributed by atoms with van der Waals surface area (Å²) < 4.78 is 7.37. The molecular weight excluding hydrogens is 380 g/mol. The monoisotopic (exact) mass is 402 g/mol. The smallest absolute Gasteiger partial charge is 0.233 e. The first-order valence-electron chi connectivity index (χ1n) is 8.60. The van der Waals surface area contributed by atoms with E-state index in [1.54, 1.807) is 16.2 Å². The first-order chi connectivity index (χ1) is 13.1. The van der Waals surface area contributed by atoms with Crippen LogP contribution in [0.2, 0.25) is 0 Å². The first kappa shape index (κ1) is 19.4. The molecule has 0 saturated carbocycles. The molecule has 2 aromatic heterocycles. The molecule has 3 aromatic rings. The highest BCUT2D eigenvalue weighted by Crippen LogP contribution is 2.26. The number of benzene rings is 1. The molecule has 2 heterocycles. The summed E-state index contributed by atoms with van der Waals surface area (Å²) in [5.41, 5.74) is 1.07. The average Bonchev–Trinajstić information content (AvgIpc) is 3.31. The Bertz CT molecular complexity index is 876. The third-order valence-electron chi connectivity index (χ3n) is 3.98. The SMILES string of the molecule is CCOc1ccc(CN(C)C(=O)CSc2nnc(-c3cccs3)n2C)cc1. The Balaban J connectivity index is 1.54. The van der Waals surface area contributed by atoms with Crippen LogP contribution in [0.5, 0.6) is 5.75 Å². The Hall–Kier alpha value is -2.32. The van der Waals surface area contributed by atoms with Crippen molar-refractivity contribution in [2.24, 2.45) is 7.05 Å². The van der Waals surface area contributed by atoms with Crippen LogP contribution in [-0.2, 0) is 18.4 Å². The molecule has 0 saturated heterocycles. The number of carbonyl (C=O) groups excluding carboxylic acids is 1. The van der Waals surface area contributed by atoms with E-state index in [1.165, 1.54) is 11.8 Å². The third-order valence-corrected chi connectivity index (χ3v) is 5.85. The summed E-state index contributed by atoms with van der Waals surface area (Å²) in [4.78, 5) is 15.2. The molecule has 0 fully saturated rings. The fourth-order valence-corrected chi connectivity index (χ4v) is 4.11. The number of carbonyl (C=O) groups is 1. The molecule has 0 aliphatic rings. The fourth-order valence-electron chi connectivity index (χ4n) is 2.52. The molecular formula is C19H22N4O2S2. The number of hydrogen-bond donors (Lipinski definition) is 0. The minimum Gasteiger partial charge on any atom is -0.494 e. The van der Waals surface area contributed by atoms with Gasteiger partial charge in [-0.3, -0.25) is 4.79 Å². The molecule has 0 atom stereocenters. The van der Waals surface area contributed by atoms with Crippen LogP contribution in [-0.4, -0.2) is 45.0 Å². The predicted octanol–water partition coefficient (Wildman–Crippen LogP) is 3.69. The first-order valence-corrected chi connectivity index (χ1v) is 10.5. The topological polar surface area (TPSA) is 60.2 Å². The minimum atomic E-state index is 0.0505. The average molecular weight is 403 g/mol. The molecule has 0 bridgehead atoms. The van der Waals surface area contributed by atoms with Gasteiger partial charge in [-0.1, -0.05) is 30.0 Å². The normalized spacial score (nSPS) is 10.8. The van der Waals surface area contributed by atoms with Crippen LogP contribution in [0.3, 0.4) is 0 Å². The Morgan fingerprint density at radius 1 is 1.26 bits per heavy atom. The van der Waals surface area contributed by atoms with Gasteiger partial charge in [0.05, 0.1) is 17.2 Å². The molecule has 0 aliphatic carbocycles. The van der Waals surface area contributed by atoms with E-state index in [4.69, 9.17) is 4.74 Å². The van der Waals surface area contributed by atoms with E-state index >= 15 is 0 Å². The van der Waals surface area contributed by atoms with Crippen LogP contribution in [0.25, 0.3) is 10.7 Å². The molecule has 8 heteroatoms. The lowest BCUT2D eigenvalue weighted by Gasteiger charge is -2.17. The number of ether oxygens (including phenoxy) is 1. The molecule has 142 valence electrons. The highest BCUT2D eigenvalue weighted by molar-refractivity contribution is 7.99. The Labute approximate surface area is 167 Å². The van der Waals surface area contributed by atoms with Gasteiger partial charge in [-0.15, -0.1) is 21.5 Å². The lowest BCUT2D eigenvalue weighted by atomic mass is 10.2. The van der Waals surface area contributed by atoms with Crippen molar-refractivity contribution >= 4 is 29.0 Å². The standard InChI is InChI=1S/C19H22N4O2S2/c1-4-25-15-9-7-14(8-10-15)12-22(2)17(24)13-27-19-21-20-18(23(19)3)16-6-5-11-26-16/h5-11H,4,12-13H2,1-3H3. The molecule has 0 radical (unpaired) electrons. The van der Waals surface area contributed by atoms with E-state index in [2.05, 4.69) is 10.2 Å². The van der Waals surface area contributed by atoms with Gasteiger partial charge in [0.15, 0.2) is 11.0 Å². The largest absolute Gasteiger partial charge is 0.494 e. The second-order valence-electron chi connectivity index (χ2n) is 5.96. The van der Waals surface area contributed by atoms with E-state index in [-0.39, 0.29) is 5.91 Å². The van der Waals surface area contributed by atoms with Gasteiger partial charge in [-0.25, -0.2) is 0 Å². The van der Waals surface area contributed by atoms with Crippen LogP contribution in [0.4, 0.5) is 0 Å². The molecule has 0 N–H and O–H groups in total. The van der Waals surface area contributed by atoms with Crippen LogP contribution in [0.15, 0.2) is 46.9 Å². The number of amides is 1. The summed E-state index contributed by atoms with van der Waals surface area (Å²) in [6.07, 6.45) is 0. The maximum atomic E-state index is 12.5. The summed E-state index contributed by atoms with van der Waals surface area (Å²) in [7, 11) is 3.73. The van der Waals surface area contributed by atoms with Gasteiger partial charge >= 0.3 is 0 Å². The Morgan fingerprint density at radius 3 is 2.70 bits per heavy atom. The maximum absolute atomic E-state index is 12.5. The zero-order valence-electron chi connectivity index (χ0n) is 15.6. The molecule has 3 rings (SSSR count). The number of nitrogens with zero attached hydrogens (tertiary/aromatic N) is 4. The van der Waals surface area contributed by atoms with Crippen LogP contribution in [0.1, 0.15) is 12.5 Å². The van der Waals surface area contributed by atoms with E-state index in [9.17, 15) is 4.79 Å². The number of thioether (sulfide) groups is 1. The lowest BCUT2D eigenvalue weighted by Crippen LogP contribution is -2.27. The van der Waals surface area contributed by atoms with Crippen molar-refractivity contribution in [2.45, 2.75) is 18.6 Å². The Morgan fingerprint density at radius 2 is 2.04 bits per heavy atom. The van der Waals surface area contributed by atoms with Gasteiger partial charge in [-0.05, 0) is 36.1 Å². The molecule has 1 aromatic carbocycles. The summed E-state index contributed by atoms with van der Waals surface area (Å²) >= 11 is 3.03. The van der Waals surface area contributed by atoms with E-state index in [0.29, 0.717) is 18.9 Å². The summed E-state index contributed by atoms with van der Waals surface area (Å²) in [5.74, 6) is 2.04. The van der Waals surface area contributed by atoms with Gasteiger partial charge in [0.2, 0.25) is 5.91 Å². The van der Waals surface area contributed by atoms with Crippen molar-refractivity contribution in [1.82, 2.24) is 19.7 Å².